The highest BCUT2D eigenvalue weighted by atomic mass is 35.5. The molecule has 1 aromatic rings. The Hall–Kier alpha value is -0.930. The van der Waals surface area contributed by atoms with Gasteiger partial charge in [-0.05, 0) is 37.5 Å². The van der Waals surface area contributed by atoms with Crippen LogP contribution in [-0.2, 0) is 6.42 Å². The Morgan fingerprint density at radius 2 is 1.88 bits per heavy atom. The SMILES string of the molecule is COc1c(Cl)cc(CC(C)N)c(C)c1OC. The predicted octanol–water partition coefficient (Wildman–Crippen LogP) is 2.56. The molecule has 0 aliphatic heterocycles. The molecule has 0 saturated heterocycles. The van der Waals surface area contributed by atoms with Crippen LogP contribution in [0.5, 0.6) is 11.5 Å². The molecule has 0 bridgehead atoms. The van der Waals surface area contributed by atoms with Crippen LogP contribution in [0.1, 0.15) is 18.1 Å². The molecule has 4 heteroatoms. The lowest BCUT2D eigenvalue weighted by Crippen LogP contribution is -2.18. The molecule has 1 aromatic carbocycles. The van der Waals surface area contributed by atoms with Crippen LogP contribution in [0.15, 0.2) is 6.07 Å². The van der Waals surface area contributed by atoms with E-state index in [2.05, 4.69) is 0 Å². The Morgan fingerprint density at radius 1 is 1.31 bits per heavy atom. The summed E-state index contributed by atoms with van der Waals surface area (Å²) in [6.45, 7) is 3.94. The van der Waals surface area contributed by atoms with Crippen LogP contribution in [-0.4, -0.2) is 20.3 Å². The van der Waals surface area contributed by atoms with E-state index in [0.717, 1.165) is 17.5 Å². The van der Waals surface area contributed by atoms with Crippen molar-refractivity contribution in [3.63, 3.8) is 0 Å². The quantitative estimate of drug-likeness (QED) is 0.884. The van der Waals surface area contributed by atoms with Gasteiger partial charge in [0.05, 0.1) is 19.2 Å². The Bertz CT molecular complexity index is 378. The highest BCUT2D eigenvalue weighted by Gasteiger charge is 2.16. The Kier molecular flexibility index (Phi) is 4.44. The Balaban J connectivity index is 3.28. The summed E-state index contributed by atoms with van der Waals surface area (Å²) in [6.07, 6.45) is 0.770. The average molecular weight is 244 g/mol. The molecule has 0 aromatic heterocycles. The highest BCUT2D eigenvalue weighted by molar-refractivity contribution is 6.32. The molecule has 0 heterocycles. The molecule has 0 fully saturated rings. The molecule has 90 valence electrons. The summed E-state index contributed by atoms with van der Waals surface area (Å²) in [5.74, 6) is 1.26. The maximum absolute atomic E-state index is 6.12. The minimum Gasteiger partial charge on any atom is -0.493 e. The summed E-state index contributed by atoms with van der Waals surface area (Å²) in [4.78, 5) is 0. The van der Waals surface area contributed by atoms with Gasteiger partial charge in [-0.25, -0.2) is 0 Å². The zero-order chi connectivity index (χ0) is 12.3. The maximum Gasteiger partial charge on any atom is 0.179 e. The molecule has 2 N–H and O–H groups in total. The first-order valence-electron chi connectivity index (χ1n) is 5.16. The van der Waals surface area contributed by atoms with Gasteiger partial charge in [0.25, 0.3) is 0 Å². The second-order valence-corrected chi connectivity index (χ2v) is 4.30. The molecule has 0 saturated carbocycles. The van der Waals surface area contributed by atoms with Gasteiger partial charge in [0.2, 0.25) is 0 Å². The summed E-state index contributed by atoms with van der Waals surface area (Å²) in [5.41, 5.74) is 7.91. The van der Waals surface area contributed by atoms with Gasteiger partial charge >= 0.3 is 0 Å². The fraction of sp³-hybridized carbons (Fsp3) is 0.500. The number of ether oxygens (including phenoxy) is 2. The van der Waals surface area contributed by atoms with Crippen molar-refractivity contribution in [1.82, 2.24) is 0 Å². The van der Waals surface area contributed by atoms with Crippen LogP contribution in [0, 0.1) is 6.92 Å². The smallest absolute Gasteiger partial charge is 0.179 e. The molecule has 16 heavy (non-hydrogen) atoms. The third kappa shape index (κ3) is 2.60. The van der Waals surface area contributed by atoms with Crippen LogP contribution in [0.3, 0.4) is 0 Å². The van der Waals surface area contributed by atoms with Gasteiger partial charge in [-0.3, -0.25) is 0 Å². The van der Waals surface area contributed by atoms with E-state index in [1.807, 2.05) is 19.9 Å². The van der Waals surface area contributed by atoms with E-state index in [-0.39, 0.29) is 6.04 Å². The first-order chi connectivity index (χ1) is 7.51. The normalized spacial score (nSPS) is 12.4. The van der Waals surface area contributed by atoms with E-state index in [4.69, 9.17) is 26.8 Å². The number of halogens is 1. The van der Waals surface area contributed by atoms with Gasteiger partial charge in [0, 0.05) is 6.04 Å². The van der Waals surface area contributed by atoms with E-state index in [0.29, 0.717) is 16.5 Å². The van der Waals surface area contributed by atoms with Crippen molar-refractivity contribution in [2.24, 2.45) is 5.73 Å². The van der Waals surface area contributed by atoms with Gasteiger partial charge in [-0.2, -0.15) is 0 Å². The van der Waals surface area contributed by atoms with Crippen molar-refractivity contribution < 1.29 is 9.47 Å². The highest BCUT2D eigenvalue weighted by Crippen LogP contribution is 2.39. The molecule has 1 atom stereocenters. The molecule has 1 rings (SSSR count). The molecule has 3 nitrogen and oxygen atoms in total. The molecular formula is C12H18ClNO2. The third-order valence-corrected chi connectivity index (χ3v) is 2.78. The van der Waals surface area contributed by atoms with Crippen LogP contribution < -0.4 is 15.2 Å². The predicted molar refractivity (Wildman–Crippen MR) is 66.6 cm³/mol. The van der Waals surface area contributed by atoms with Crippen molar-refractivity contribution in [2.75, 3.05) is 14.2 Å². The van der Waals surface area contributed by atoms with Gasteiger partial charge < -0.3 is 15.2 Å². The first-order valence-corrected chi connectivity index (χ1v) is 5.54. The Morgan fingerprint density at radius 3 is 2.31 bits per heavy atom. The van der Waals surface area contributed by atoms with Crippen molar-refractivity contribution in [3.05, 3.63) is 22.2 Å². The minimum atomic E-state index is 0.0906. The zero-order valence-corrected chi connectivity index (χ0v) is 10.9. The zero-order valence-electron chi connectivity index (χ0n) is 10.1. The molecule has 0 radical (unpaired) electrons. The first kappa shape index (κ1) is 13.1. The standard InChI is InChI=1S/C12H18ClNO2/c1-7(14)5-9-6-10(13)12(16-4)11(15-3)8(9)2/h6-7H,5,14H2,1-4H3. The second kappa shape index (κ2) is 5.41. The summed E-state index contributed by atoms with van der Waals surface area (Å²) < 4.78 is 10.5. The van der Waals surface area contributed by atoms with Gasteiger partial charge in [-0.1, -0.05) is 11.6 Å². The molecule has 0 spiro atoms. The number of rotatable bonds is 4. The number of methoxy groups -OCH3 is 2. The summed E-state index contributed by atoms with van der Waals surface area (Å²) in [7, 11) is 3.19. The molecule has 0 aliphatic rings. The summed E-state index contributed by atoms with van der Waals surface area (Å²) in [6, 6.07) is 1.98. The number of hydrogen-bond acceptors (Lipinski definition) is 3. The van der Waals surface area contributed by atoms with Crippen molar-refractivity contribution in [2.45, 2.75) is 26.3 Å². The van der Waals surface area contributed by atoms with E-state index in [9.17, 15) is 0 Å². The average Bonchev–Trinajstić information content (AvgIpc) is 2.21. The monoisotopic (exact) mass is 243 g/mol. The fourth-order valence-corrected chi connectivity index (χ4v) is 2.04. The maximum atomic E-state index is 6.12. The molecule has 0 amide bonds. The van der Waals surface area contributed by atoms with Crippen molar-refractivity contribution >= 4 is 11.6 Å². The number of nitrogens with two attached hydrogens (primary N) is 1. The lowest BCUT2D eigenvalue weighted by atomic mass is 10.0. The van der Waals surface area contributed by atoms with Crippen LogP contribution in [0.4, 0.5) is 0 Å². The lowest BCUT2D eigenvalue weighted by molar-refractivity contribution is 0.352. The third-order valence-electron chi connectivity index (χ3n) is 2.50. The van der Waals surface area contributed by atoms with Gasteiger partial charge in [0.15, 0.2) is 11.5 Å². The Labute approximate surface area is 101 Å². The summed E-state index contributed by atoms with van der Waals surface area (Å²) >= 11 is 6.12. The molecule has 1 unspecified atom stereocenters. The topological polar surface area (TPSA) is 44.5 Å². The minimum absolute atomic E-state index is 0.0906. The molecular weight excluding hydrogens is 226 g/mol. The van der Waals surface area contributed by atoms with E-state index in [1.165, 1.54) is 0 Å². The van der Waals surface area contributed by atoms with Crippen molar-refractivity contribution in [3.8, 4) is 11.5 Å². The molecule has 0 aliphatic carbocycles. The van der Waals surface area contributed by atoms with Crippen LogP contribution in [0.2, 0.25) is 5.02 Å². The van der Waals surface area contributed by atoms with E-state index >= 15 is 0 Å². The van der Waals surface area contributed by atoms with E-state index in [1.54, 1.807) is 14.2 Å². The van der Waals surface area contributed by atoms with Gasteiger partial charge in [-0.15, -0.1) is 0 Å². The van der Waals surface area contributed by atoms with E-state index < -0.39 is 0 Å². The summed E-state index contributed by atoms with van der Waals surface area (Å²) in [5, 5.41) is 0.556. The number of benzene rings is 1. The van der Waals surface area contributed by atoms with Gasteiger partial charge in [0.1, 0.15) is 0 Å². The lowest BCUT2D eigenvalue weighted by Gasteiger charge is -2.16. The fourth-order valence-electron chi connectivity index (χ4n) is 1.75. The number of hydrogen-bond donors (Lipinski definition) is 1. The largest absolute Gasteiger partial charge is 0.493 e. The second-order valence-electron chi connectivity index (χ2n) is 3.89. The van der Waals surface area contributed by atoms with Crippen LogP contribution >= 0.6 is 11.6 Å². The van der Waals surface area contributed by atoms with Crippen LogP contribution in [0.25, 0.3) is 0 Å². The van der Waals surface area contributed by atoms with Crippen molar-refractivity contribution in [1.29, 1.82) is 0 Å².